The maximum atomic E-state index is 12.4. The van der Waals surface area contributed by atoms with Gasteiger partial charge in [0.05, 0.1) is 31.2 Å². The molecule has 5 aliphatic rings. The summed E-state index contributed by atoms with van der Waals surface area (Å²) < 4.78 is 10.9. The van der Waals surface area contributed by atoms with Gasteiger partial charge in [0.15, 0.2) is 0 Å². The van der Waals surface area contributed by atoms with Gasteiger partial charge in [-0.2, -0.15) is 0 Å². The number of nitrogens with zero attached hydrogens (tertiary/aromatic N) is 1. The van der Waals surface area contributed by atoms with Crippen molar-refractivity contribution in [2.45, 2.75) is 95.3 Å². The Hall–Kier alpha value is -1.21. The van der Waals surface area contributed by atoms with Crippen LogP contribution in [0.25, 0.3) is 0 Å². The fourth-order valence-corrected chi connectivity index (χ4v) is 9.82. The molecule has 0 amide bonds. The molecular formula is C29H43NO5. The van der Waals surface area contributed by atoms with Gasteiger partial charge in [0.2, 0.25) is 0 Å². The van der Waals surface area contributed by atoms with Crippen molar-refractivity contribution in [3.05, 3.63) is 34.4 Å². The molecule has 6 rings (SSSR count). The summed E-state index contributed by atoms with van der Waals surface area (Å²) in [5.74, 6) is 1.91. The highest BCUT2D eigenvalue weighted by molar-refractivity contribution is 5.27. The van der Waals surface area contributed by atoms with Crippen LogP contribution in [0.4, 0.5) is 0 Å². The van der Waals surface area contributed by atoms with E-state index < -0.39 is 5.60 Å². The van der Waals surface area contributed by atoms with Crippen LogP contribution in [0.2, 0.25) is 0 Å². The Balaban J connectivity index is 1.21. The first kappa shape index (κ1) is 24.1. The lowest BCUT2D eigenvalue weighted by Crippen LogP contribution is -2.62. The topological polar surface area (TPSA) is 83.1 Å². The van der Waals surface area contributed by atoms with Gasteiger partial charge in [-0.05, 0) is 98.5 Å². The molecule has 4 saturated carbocycles. The number of ether oxygens (including phenoxy) is 1. The van der Waals surface area contributed by atoms with E-state index in [-0.39, 0.29) is 29.7 Å². The predicted molar refractivity (Wildman–Crippen MR) is 133 cm³/mol. The average molecular weight is 486 g/mol. The second-order valence-corrected chi connectivity index (χ2v) is 13.0. The van der Waals surface area contributed by atoms with Gasteiger partial charge in [0, 0.05) is 30.6 Å². The molecule has 35 heavy (non-hydrogen) atoms. The largest absolute Gasteiger partial charge is 0.431 e. The summed E-state index contributed by atoms with van der Waals surface area (Å²) in [6.07, 6.45) is 11.7. The van der Waals surface area contributed by atoms with Crippen molar-refractivity contribution in [1.29, 1.82) is 0 Å². The van der Waals surface area contributed by atoms with E-state index in [2.05, 4.69) is 18.7 Å². The van der Waals surface area contributed by atoms with E-state index in [1.807, 2.05) is 6.07 Å². The summed E-state index contributed by atoms with van der Waals surface area (Å²) in [6, 6.07) is 4.05. The van der Waals surface area contributed by atoms with Crippen LogP contribution in [0.5, 0.6) is 0 Å². The Kier molecular flexibility index (Phi) is 5.99. The van der Waals surface area contributed by atoms with Crippen molar-refractivity contribution in [2.24, 2.45) is 28.6 Å². The molecule has 2 N–H and O–H groups in total. The maximum absolute atomic E-state index is 12.4. The van der Waals surface area contributed by atoms with E-state index in [1.165, 1.54) is 38.2 Å². The van der Waals surface area contributed by atoms with Crippen LogP contribution in [-0.4, -0.2) is 59.2 Å². The number of morpholine rings is 1. The molecule has 6 heteroatoms. The molecule has 0 aromatic carbocycles. The Morgan fingerprint density at radius 1 is 1.06 bits per heavy atom. The molecule has 1 aromatic rings. The monoisotopic (exact) mass is 485 g/mol. The third-order valence-electron chi connectivity index (χ3n) is 11.8. The number of aliphatic hydroxyl groups excluding tert-OH is 1. The smallest absolute Gasteiger partial charge is 0.335 e. The van der Waals surface area contributed by atoms with Crippen molar-refractivity contribution in [2.75, 3.05) is 26.3 Å². The van der Waals surface area contributed by atoms with E-state index >= 15 is 0 Å². The summed E-state index contributed by atoms with van der Waals surface area (Å²) in [6.45, 7) is 7.54. The minimum atomic E-state index is -0.639. The lowest BCUT2D eigenvalue weighted by atomic mass is 9.43. The van der Waals surface area contributed by atoms with E-state index in [1.54, 1.807) is 6.26 Å². The minimum absolute atomic E-state index is 0.0361. The number of aliphatic hydroxyl groups is 2. The number of hydrogen-bond acceptors (Lipinski definition) is 6. The van der Waals surface area contributed by atoms with E-state index in [0.29, 0.717) is 29.2 Å². The van der Waals surface area contributed by atoms with Gasteiger partial charge in [0.1, 0.15) is 0 Å². The molecule has 4 aliphatic carbocycles. The van der Waals surface area contributed by atoms with Crippen LogP contribution in [0.3, 0.4) is 0 Å². The number of rotatable bonds is 3. The zero-order chi connectivity index (χ0) is 24.4. The van der Waals surface area contributed by atoms with Gasteiger partial charge in [-0.1, -0.05) is 13.8 Å². The summed E-state index contributed by atoms with van der Waals surface area (Å²) in [5, 5.41) is 22.0. The fraction of sp³-hybridized carbons (Fsp3) is 0.828. The van der Waals surface area contributed by atoms with E-state index in [0.717, 1.165) is 50.9 Å². The normalized spacial score (nSPS) is 48.1. The lowest BCUT2D eigenvalue weighted by molar-refractivity contribution is -0.205. The Bertz CT molecular complexity index is 975. The molecule has 6 nitrogen and oxygen atoms in total. The van der Waals surface area contributed by atoms with Crippen molar-refractivity contribution in [3.8, 4) is 0 Å². The highest BCUT2D eigenvalue weighted by Gasteiger charge is 2.67. The molecule has 0 unspecified atom stereocenters. The van der Waals surface area contributed by atoms with Crippen molar-refractivity contribution in [3.63, 3.8) is 0 Å². The molecule has 9 atom stereocenters. The Labute approximate surface area is 209 Å². The molecular weight excluding hydrogens is 442 g/mol. The van der Waals surface area contributed by atoms with Crippen molar-refractivity contribution < 1.29 is 19.4 Å². The van der Waals surface area contributed by atoms with Crippen LogP contribution in [0.15, 0.2) is 27.6 Å². The summed E-state index contributed by atoms with van der Waals surface area (Å²) in [7, 11) is 0. The molecule has 0 spiro atoms. The van der Waals surface area contributed by atoms with Crippen molar-refractivity contribution in [1.82, 2.24) is 4.90 Å². The third-order valence-corrected chi connectivity index (χ3v) is 11.8. The molecule has 0 radical (unpaired) electrons. The maximum Gasteiger partial charge on any atom is 0.335 e. The highest BCUT2D eigenvalue weighted by atomic mass is 16.5. The Morgan fingerprint density at radius 2 is 1.91 bits per heavy atom. The van der Waals surface area contributed by atoms with Gasteiger partial charge in [0.25, 0.3) is 0 Å². The van der Waals surface area contributed by atoms with E-state index in [9.17, 15) is 15.0 Å². The van der Waals surface area contributed by atoms with Crippen LogP contribution in [-0.2, 0) is 4.74 Å². The molecule has 0 bridgehead atoms. The van der Waals surface area contributed by atoms with E-state index in [4.69, 9.17) is 9.15 Å². The van der Waals surface area contributed by atoms with Gasteiger partial charge < -0.3 is 19.4 Å². The van der Waals surface area contributed by atoms with Gasteiger partial charge >= 0.3 is 5.63 Å². The first-order valence-electron chi connectivity index (χ1n) is 14.1. The Morgan fingerprint density at radius 3 is 2.69 bits per heavy atom. The quantitative estimate of drug-likeness (QED) is 0.675. The number of fused-ring (bicyclic) bond motifs is 5. The standard InChI is InChI=1S/C29H43NO5/c1-27-10-7-21(30-13-14-34-22(16-30)17-31)15-20(27)4-5-25-24(27)8-11-28(2)23(9-12-29(25,28)33)19-3-6-26(32)35-18-19/h3,6,18,20-25,31,33H,4-5,7-17H2,1-2H3/t20-,21+,22-,23-,24+,25-,27+,28-,29+/m1/s1. The second kappa shape index (κ2) is 8.68. The molecule has 1 aliphatic heterocycles. The first-order valence-corrected chi connectivity index (χ1v) is 14.1. The second-order valence-electron chi connectivity index (χ2n) is 13.0. The third kappa shape index (κ3) is 3.61. The average Bonchev–Trinajstić information content (AvgIpc) is 3.15. The van der Waals surface area contributed by atoms with Gasteiger partial charge in [-0.25, -0.2) is 4.79 Å². The number of hydrogen-bond donors (Lipinski definition) is 2. The summed E-state index contributed by atoms with van der Waals surface area (Å²) in [5.41, 5.74) is 0.272. The SMILES string of the molecule is C[C@]12CC[C@H](N3CCO[C@@H](CO)C3)C[C@H]1CC[C@@H]1[C@@H]2CC[C@]2(C)[C@@H](c3ccc(=O)oc3)CC[C@]12O. The van der Waals surface area contributed by atoms with Crippen LogP contribution >= 0.6 is 0 Å². The van der Waals surface area contributed by atoms with Gasteiger partial charge in [-0.3, -0.25) is 4.90 Å². The highest BCUT2D eigenvalue weighted by Crippen LogP contribution is 2.70. The molecule has 2 heterocycles. The van der Waals surface area contributed by atoms with Gasteiger partial charge in [-0.15, -0.1) is 0 Å². The zero-order valence-electron chi connectivity index (χ0n) is 21.5. The van der Waals surface area contributed by atoms with Crippen LogP contribution in [0.1, 0.15) is 83.1 Å². The summed E-state index contributed by atoms with van der Waals surface area (Å²) in [4.78, 5) is 14.1. The molecule has 1 saturated heterocycles. The molecule has 194 valence electrons. The van der Waals surface area contributed by atoms with Crippen molar-refractivity contribution >= 4 is 0 Å². The van der Waals surface area contributed by atoms with Crippen LogP contribution in [0, 0.1) is 28.6 Å². The summed E-state index contributed by atoms with van der Waals surface area (Å²) >= 11 is 0. The minimum Gasteiger partial charge on any atom is -0.431 e. The van der Waals surface area contributed by atoms with Crippen LogP contribution < -0.4 is 5.63 Å². The molecule has 5 fully saturated rings. The lowest BCUT2D eigenvalue weighted by Gasteiger charge is -2.64. The predicted octanol–water partition coefficient (Wildman–Crippen LogP) is 3.94. The molecule has 1 aromatic heterocycles. The first-order chi connectivity index (χ1) is 16.8. The fourth-order valence-electron chi connectivity index (χ4n) is 9.82. The zero-order valence-corrected chi connectivity index (χ0v) is 21.5.